The third-order valence-corrected chi connectivity index (χ3v) is 6.21. The standard InChI is InChI=1S/C17H30N4O2S2/c1-3-18-17(19-9-7-13-25(2,22)23)20-14-15(16-8-6-12-24-16)21-10-4-5-11-21/h6,8,12,15H,3-5,7,9-11,13-14H2,1-2H3,(H2,18,19,20). The Hall–Kier alpha value is -1.12. The van der Waals surface area contributed by atoms with Crippen molar-refractivity contribution in [3.63, 3.8) is 0 Å². The van der Waals surface area contributed by atoms with E-state index >= 15 is 0 Å². The maximum absolute atomic E-state index is 11.2. The van der Waals surface area contributed by atoms with Gasteiger partial charge in [0.15, 0.2) is 5.96 Å². The van der Waals surface area contributed by atoms with Crippen molar-refractivity contribution in [2.75, 3.05) is 44.7 Å². The molecule has 2 N–H and O–H groups in total. The third kappa shape index (κ3) is 7.33. The van der Waals surface area contributed by atoms with Crippen molar-refractivity contribution in [1.29, 1.82) is 0 Å². The molecule has 0 spiro atoms. The Bertz CT molecular complexity index is 623. The number of thiophene rings is 1. The Labute approximate surface area is 155 Å². The lowest BCUT2D eigenvalue weighted by atomic mass is 10.2. The predicted octanol–water partition coefficient (Wildman–Crippen LogP) is 1.87. The largest absolute Gasteiger partial charge is 0.357 e. The first-order chi connectivity index (χ1) is 12.0. The van der Waals surface area contributed by atoms with Crippen LogP contribution in [-0.2, 0) is 9.84 Å². The van der Waals surface area contributed by atoms with Crippen molar-refractivity contribution in [3.05, 3.63) is 22.4 Å². The fourth-order valence-corrected chi connectivity index (χ4v) is 4.50. The van der Waals surface area contributed by atoms with Gasteiger partial charge in [-0.1, -0.05) is 6.07 Å². The van der Waals surface area contributed by atoms with Gasteiger partial charge in [-0.05, 0) is 50.7 Å². The third-order valence-electron chi connectivity index (χ3n) is 4.20. The number of nitrogens with one attached hydrogen (secondary N) is 2. The normalized spacial score (nSPS) is 17.6. The Kier molecular flexibility index (Phi) is 8.18. The zero-order valence-corrected chi connectivity index (χ0v) is 16.8. The number of likely N-dealkylation sites (tertiary alicyclic amines) is 1. The zero-order valence-electron chi connectivity index (χ0n) is 15.2. The van der Waals surface area contributed by atoms with Crippen molar-refractivity contribution in [2.24, 2.45) is 4.99 Å². The molecule has 25 heavy (non-hydrogen) atoms. The SMILES string of the molecule is CCNC(=NCC(c1cccs1)N1CCCC1)NCCCS(C)(=O)=O. The summed E-state index contributed by atoms with van der Waals surface area (Å²) in [5, 5.41) is 8.61. The second-order valence-electron chi connectivity index (χ2n) is 6.40. The minimum Gasteiger partial charge on any atom is -0.357 e. The first-order valence-electron chi connectivity index (χ1n) is 8.97. The van der Waals surface area contributed by atoms with Gasteiger partial charge in [-0.25, -0.2) is 8.42 Å². The van der Waals surface area contributed by atoms with Gasteiger partial charge in [-0.3, -0.25) is 9.89 Å². The maximum Gasteiger partial charge on any atom is 0.191 e. The first kappa shape index (κ1) is 20.2. The van der Waals surface area contributed by atoms with Gasteiger partial charge in [0, 0.05) is 24.2 Å². The molecule has 0 aliphatic carbocycles. The van der Waals surface area contributed by atoms with E-state index in [0.717, 1.165) is 25.6 Å². The summed E-state index contributed by atoms with van der Waals surface area (Å²) in [6.07, 6.45) is 4.38. The Morgan fingerprint density at radius 3 is 2.72 bits per heavy atom. The number of hydrogen-bond acceptors (Lipinski definition) is 5. The summed E-state index contributed by atoms with van der Waals surface area (Å²) >= 11 is 1.79. The van der Waals surface area contributed by atoms with E-state index in [0.29, 0.717) is 25.6 Å². The van der Waals surface area contributed by atoms with Crippen LogP contribution in [0.1, 0.15) is 37.1 Å². The minimum atomic E-state index is -2.91. The molecular weight excluding hydrogens is 356 g/mol. The molecule has 142 valence electrons. The number of sulfone groups is 1. The lowest BCUT2D eigenvalue weighted by Gasteiger charge is -2.25. The van der Waals surface area contributed by atoms with E-state index in [2.05, 4.69) is 33.0 Å². The monoisotopic (exact) mass is 386 g/mol. The van der Waals surface area contributed by atoms with Crippen molar-refractivity contribution in [1.82, 2.24) is 15.5 Å². The smallest absolute Gasteiger partial charge is 0.191 e. The van der Waals surface area contributed by atoms with Gasteiger partial charge in [0.25, 0.3) is 0 Å². The molecule has 2 rings (SSSR count). The van der Waals surface area contributed by atoms with Crippen LogP contribution in [0.4, 0.5) is 0 Å². The van der Waals surface area contributed by atoms with Crippen LogP contribution in [0.25, 0.3) is 0 Å². The lowest BCUT2D eigenvalue weighted by molar-refractivity contribution is 0.255. The van der Waals surface area contributed by atoms with Crippen LogP contribution in [-0.4, -0.2) is 64.0 Å². The van der Waals surface area contributed by atoms with E-state index in [-0.39, 0.29) is 5.75 Å². The molecule has 0 aromatic carbocycles. The van der Waals surface area contributed by atoms with E-state index in [9.17, 15) is 8.42 Å². The molecule has 1 aliphatic rings. The summed E-state index contributed by atoms with van der Waals surface area (Å²) in [6, 6.07) is 4.62. The highest BCUT2D eigenvalue weighted by molar-refractivity contribution is 7.90. The van der Waals surface area contributed by atoms with Gasteiger partial charge in [-0.2, -0.15) is 0 Å². The van der Waals surface area contributed by atoms with Crippen LogP contribution in [0.2, 0.25) is 0 Å². The maximum atomic E-state index is 11.2. The molecule has 0 bridgehead atoms. The lowest BCUT2D eigenvalue weighted by Crippen LogP contribution is -2.39. The highest BCUT2D eigenvalue weighted by Gasteiger charge is 2.24. The van der Waals surface area contributed by atoms with Gasteiger partial charge in [0.05, 0.1) is 18.3 Å². The molecule has 1 atom stereocenters. The van der Waals surface area contributed by atoms with Gasteiger partial charge in [0.1, 0.15) is 9.84 Å². The molecule has 0 saturated carbocycles. The van der Waals surface area contributed by atoms with Crippen LogP contribution >= 0.6 is 11.3 Å². The second kappa shape index (κ2) is 10.1. The molecule has 8 heteroatoms. The molecule has 1 aromatic rings. The molecule has 1 aliphatic heterocycles. The van der Waals surface area contributed by atoms with E-state index in [1.165, 1.54) is 24.0 Å². The summed E-state index contributed by atoms with van der Waals surface area (Å²) in [4.78, 5) is 8.63. The molecule has 1 aromatic heterocycles. The quantitative estimate of drug-likeness (QED) is 0.385. The fourth-order valence-electron chi connectivity index (χ4n) is 2.98. The van der Waals surface area contributed by atoms with Gasteiger partial charge in [-0.15, -0.1) is 11.3 Å². The topological polar surface area (TPSA) is 73.8 Å². The molecule has 6 nitrogen and oxygen atoms in total. The van der Waals surface area contributed by atoms with Crippen LogP contribution in [0.15, 0.2) is 22.5 Å². The average Bonchev–Trinajstić information content (AvgIpc) is 3.24. The number of rotatable bonds is 9. The predicted molar refractivity (Wildman–Crippen MR) is 106 cm³/mol. The number of guanidine groups is 1. The molecule has 1 unspecified atom stereocenters. The minimum absolute atomic E-state index is 0.199. The van der Waals surface area contributed by atoms with Crippen LogP contribution < -0.4 is 10.6 Å². The van der Waals surface area contributed by atoms with Gasteiger partial charge in [0.2, 0.25) is 0 Å². The number of hydrogen-bond donors (Lipinski definition) is 2. The number of nitrogens with zero attached hydrogens (tertiary/aromatic N) is 2. The number of aliphatic imine (C=N–C) groups is 1. The molecular formula is C17H30N4O2S2. The van der Waals surface area contributed by atoms with Crippen LogP contribution in [0, 0.1) is 0 Å². The molecule has 1 fully saturated rings. The molecule has 2 heterocycles. The highest BCUT2D eigenvalue weighted by atomic mass is 32.2. The average molecular weight is 387 g/mol. The molecule has 1 saturated heterocycles. The summed E-state index contributed by atoms with van der Waals surface area (Å²) in [7, 11) is -2.91. The molecule has 0 amide bonds. The van der Waals surface area contributed by atoms with Gasteiger partial charge >= 0.3 is 0 Å². The van der Waals surface area contributed by atoms with Gasteiger partial charge < -0.3 is 10.6 Å². The summed E-state index contributed by atoms with van der Waals surface area (Å²) in [6.45, 7) is 6.40. The Balaban J connectivity index is 1.94. The van der Waals surface area contributed by atoms with Crippen molar-refractivity contribution < 1.29 is 8.42 Å². The van der Waals surface area contributed by atoms with E-state index in [1.807, 2.05) is 6.92 Å². The zero-order chi connectivity index (χ0) is 18.1. The Morgan fingerprint density at radius 1 is 1.36 bits per heavy atom. The van der Waals surface area contributed by atoms with Crippen LogP contribution in [0.3, 0.4) is 0 Å². The van der Waals surface area contributed by atoms with Crippen LogP contribution in [0.5, 0.6) is 0 Å². The fraction of sp³-hybridized carbons (Fsp3) is 0.706. The molecule has 0 radical (unpaired) electrons. The first-order valence-corrected chi connectivity index (χ1v) is 11.9. The van der Waals surface area contributed by atoms with Crippen molar-refractivity contribution >= 4 is 27.1 Å². The highest BCUT2D eigenvalue weighted by Crippen LogP contribution is 2.28. The van der Waals surface area contributed by atoms with E-state index in [1.54, 1.807) is 11.3 Å². The Morgan fingerprint density at radius 2 is 2.12 bits per heavy atom. The summed E-state index contributed by atoms with van der Waals surface area (Å²) < 4.78 is 22.4. The van der Waals surface area contributed by atoms with E-state index in [4.69, 9.17) is 4.99 Å². The van der Waals surface area contributed by atoms with Crippen molar-refractivity contribution in [3.8, 4) is 0 Å². The summed E-state index contributed by atoms with van der Waals surface area (Å²) in [5.41, 5.74) is 0. The van der Waals surface area contributed by atoms with Crippen molar-refractivity contribution in [2.45, 2.75) is 32.2 Å². The summed E-state index contributed by atoms with van der Waals surface area (Å²) in [5.74, 6) is 0.960. The second-order valence-corrected chi connectivity index (χ2v) is 9.64. The van der Waals surface area contributed by atoms with E-state index < -0.39 is 9.84 Å².